The molecule has 9 heteroatoms. The zero-order valence-corrected chi connectivity index (χ0v) is 19.8. The lowest BCUT2D eigenvalue weighted by Crippen LogP contribution is -2.26. The van der Waals surface area contributed by atoms with E-state index in [-0.39, 0.29) is 34.7 Å². The number of carboxylic acids is 1. The van der Waals surface area contributed by atoms with Crippen LogP contribution in [0.2, 0.25) is 0 Å². The number of nitrogens with zero attached hydrogens (tertiary/aromatic N) is 4. The van der Waals surface area contributed by atoms with Crippen LogP contribution in [0.25, 0.3) is 22.2 Å². The highest BCUT2D eigenvalue weighted by atomic mass is 16.5. The van der Waals surface area contributed by atoms with E-state index in [0.29, 0.717) is 23.5 Å². The normalized spacial score (nSPS) is 17.7. The van der Waals surface area contributed by atoms with E-state index in [1.54, 1.807) is 35.2 Å². The number of hydrogen-bond acceptors (Lipinski definition) is 7. The van der Waals surface area contributed by atoms with E-state index in [1.807, 2.05) is 24.3 Å². The summed E-state index contributed by atoms with van der Waals surface area (Å²) in [6.07, 6.45) is 5.23. The summed E-state index contributed by atoms with van der Waals surface area (Å²) >= 11 is 0. The van der Waals surface area contributed by atoms with Crippen LogP contribution in [0.5, 0.6) is 11.8 Å². The maximum absolute atomic E-state index is 12.7. The van der Waals surface area contributed by atoms with Gasteiger partial charge in [-0.1, -0.05) is 62.2 Å². The molecule has 1 fully saturated rings. The molecule has 5 rings (SSSR count). The van der Waals surface area contributed by atoms with Crippen molar-refractivity contribution in [2.24, 2.45) is 11.8 Å². The van der Waals surface area contributed by atoms with Gasteiger partial charge in [0.25, 0.3) is 11.8 Å². The summed E-state index contributed by atoms with van der Waals surface area (Å²) in [5.41, 5.74) is 3.15. The third kappa shape index (κ3) is 4.64. The van der Waals surface area contributed by atoms with Crippen LogP contribution in [0.4, 0.5) is 0 Å². The van der Waals surface area contributed by atoms with Gasteiger partial charge in [0.2, 0.25) is 0 Å². The molecule has 2 atom stereocenters. The molecule has 0 aliphatic heterocycles. The van der Waals surface area contributed by atoms with E-state index < -0.39 is 5.97 Å². The minimum absolute atomic E-state index is 0.00889. The Morgan fingerprint density at radius 3 is 2.61 bits per heavy atom. The standard InChI is InChI=1S/C27H26N4O5/c1-16-5-4-6-19(13-16)27(35)36-25-22-23(24(32)29-30-25)31(15-28-22)14-17-9-11-18(12-10-17)20-7-2-3-8-21(20)26(33)34/h2-3,7-12,15-16,19H,4-6,13-14H2,1H3,(H,29,32)(H,33,34). The first-order chi connectivity index (χ1) is 17.4. The van der Waals surface area contributed by atoms with Crippen molar-refractivity contribution in [2.75, 3.05) is 0 Å². The molecular weight excluding hydrogens is 460 g/mol. The molecule has 1 aliphatic rings. The van der Waals surface area contributed by atoms with Crippen LogP contribution in [-0.2, 0) is 11.3 Å². The lowest BCUT2D eigenvalue weighted by Gasteiger charge is -2.24. The Hall–Kier alpha value is -4.27. The third-order valence-corrected chi connectivity index (χ3v) is 6.73. The number of aromatic nitrogens is 4. The fourth-order valence-electron chi connectivity index (χ4n) is 4.88. The minimum Gasteiger partial charge on any atom is -0.491 e. The Labute approximate surface area is 207 Å². The highest BCUT2D eigenvalue weighted by Crippen LogP contribution is 2.32. The molecule has 2 N–H and O–H groups in total. The highest BCUT2D eigenvalue weighted by molar-refractivity contribution is 5.96. The number of aromatic hydroxyl groups is 1. The van der Waals surface area contributed by atoms with Crippen molar-refractivity contribution in [2.45, 2.75) is 39.2 Å². The van der Waals surface area contributed by atoms with Gasteiger partial charge >= 0.3 is 11.9 Å². The molecule has 36 heavy (non-hydrogen) atoms. The van der Waals surface area contributed by atoms with Crippen molar-refractivity contribution < 1.29 is 24.5 Å². The van der Waals surface area contributed by atoms with Crippen molar-refractivity contribution >= 4 is 23.0 Å². The second-order valence-electron chi connectivity index (χ2n) is 9.34. The molecule has 0 spiro atoms. The van der Waals surface area contributed by atoms with Gasteiger partial charge in [-0.15, -0.1) is 10.2 Å². The maximum Gasteiger partial charge on any atom is 0.336 e. The van der Waals surface area contributed by atoms with Crippen LogP contribution in [0.15, 0.2) is 54.9 Å². The van der Waals surface area contributed by atoms with E-state index in [1.165, 1.54) is 0 Å². The van der Waals surface area contributed by atoms with Gasteiger partial charge in [0.15, 0.2) is 5.52 Å². The Balaban J connectivity index is 1.38. The molecule has 1 saturated carbocycles. The number of aromatic carboxylic acids is 1. The van der Waals surface area contributed by atoms with E-state index in [9.17, 15) is 19.8 Å². The van der Waals surface area contributed by atoms with Gasteiger partial charge in [-0.05, 0) is 41.5 Å². The predicted octanol–water partition coefficient (Wildman–Crippen LogP) is 4.68. The molecule has 2 aromatic carbocycles. The summed E-state index contributed by atoms with van der Waals surface area (Å²) in [5, 5.41) is 27.5. The molecule has 0 radical (unpaired) electrons. The van der Waals surface area contributed by atoms with Crippen LogP contribution in [-0.4, -0.2) is 41.9 Å². The molecular formula is C27H26N4O5. The van der Waals surface area contributed by atoms with Crippen LogP contribution in [0.1, 0.15) is 48.5 Å². The molecule has 2 unspecified atom stereocenters. The monoisotopic (exact) mass is 486 g/mol. The van der Waals surface area contributed by atoms with Gasteiger partial charge < -0.3 is 19.5 Å². The number of esters is 1. The van der Waals surface area contributed by atoms with Crippen molar-refractivity contribution in [1.82, 2.24) is 19.7 Å². The zero-order valence-electron chi connectivity index (χ0n) is 19.8. The minimum atomic E-state index is -0.981. The fourth-order valence-corrected chi connectivity index (χ4v) is 4.88. The van der Waals surface area contributed by atoms with Crippen molar-refractivity contribution in [3.05, 3.63) is 66.0 Å². The number of carbonyl (C=O) groups is 2. The zero-order chi connectivity index (χ0) is 25.2. The molecule has 2 heterocycles. The van der Waals surface area contributed by atoms with Gasteiger partial charge in [-0.25, -0.2) is 9.78 Å². The van der Waals surface area contributed by atoms with Crippen LogP contribution in [0, 0.1) is 11.8 Å². The fraction of sp³-hybridized carbons (Fsp3) is 0.296. The molecule has 184 valence electrons. The summed E-state index contributed by atoms with van der Waals surface area (Å²) in [6, 6.07) is 14.3. The van der Waals surface area contributed by atoms with Gasteiger partial charge in [0.05, 0.1) is 17.8 Å². The summed E-state index contributed by atoms with van der Waals surface area (Å²) in [4.78, 5) is 28.6. The number of benzene rings is 2. The summed E-state index contributed by atoms with van der Waals surface area (Å²) in [5.74, 6) is -1.33. The number of imidazole rings is 1. The number of carbonyl (C=O) groups excluding carboxylic acids is 1. The van der Waals surface area contributed by atoms with E-state index in [0.717, 1.165) is 36.8 Å². The quantitative estimate of drug-likeness (QED) is 0.376. The van der Waals surface area contributed by atoms with Crippen LogP contribution in [0.3, 0.4) is 0 Å². The summed E-state index contributed by atoms with van der Waals surface area (Å²) in [7, 11) is 0. The molecule has 0 bridgehead atoms. The SMILES string of the molecule is CC1CCCC(C(=O)Oc2nnc(O)c3c2ncn3Cc2ccc(-c3ccccc3C(=O)O)cc2)C1. The van der Waals surface area contributed by atoms with Crippen molar-refractivity contribution in [3.63, 3.8) is 0 Å². The van der Waals surface area contributed by atoms with Gasteiger partial charge in [-0.3, -0.25) is 4.79 Å². The number of carboxylic acid groups (broad SMARTS) is 1. The lowest BCUT2D eigenvalue weighted by molar-refractivity contribution is -0.140. The summed E-state index contributed by atoms with van der Waals surface area (Å²) in [6.45, 7) is 2.50. The third-order valence-electron chi connectivity index (χ3n) is 6.73. The Morgan fingerprint density at radius 2 is 1.86 bits per heavy atom. The average Bonchev–Trinajstić information content (AvgIpc) is 3.31. The first kappa shape index (κ1) is 23.5. The second-order valence-corrected chi connectivity index (χ2v) is 9.34. The molecule has 2 aromatic heterocycles. The first-order valence-corrected chi connectivity index (χ1v) is 11.9. The predicted molar refractivity (Wildman–Crippen MR) is 132 cm³/mol. The maximum atomic E-state index is 12.7. The Kier molecular flexibility index (Phi) is 6.37. The average molecular weight is 487 g/mol. The molecule has 0 amide bonds. The van der Waals surface area contributed by atoms with Crippen molar-refractivity contribution in [1.29, 1.82) is 0 Å². The molecule has 9 nitrogen and oxygen atoms in total. The van der Waals surface area contributed by atoms with Crippen LogP contribution >= 0.6 is 0 Å². The largest absolute Gasteiger partial charge is 0.491 e. The molecule has 0 saturated heterocycles. The van der Waals surface area contributed by atoms with Gasteiger partial charge in [-0.2, -0.15) is 0 Å². The topological polar surface area (TPSA) is 127 Å². The number of fused-ring (bicyclic) bond motifs is 1. The number of rotatable bonds is 6. The van der Waals surface area contributed by atoms with Gasteiger partial charge in [0, 0.05) is 6.54 Å². The number of ether oxygens (including phenoxy) is 1. The van der Waals surface area contributed by atoms with E-state index >= 15 is 0 Å². The van der Waals surface area contributed by atoms with Crippen molar-refractivity contribution in [3.8, 4) is 22.9 Å². The lowest BCUT2D eigenvalue weighted by atomic mass is 9.82. The van der Waals surface area contributed by atoms with Gasteiger partial charge in [0.1, 0.15) is 5.52 Å². The highest BCUT2D eigenvalue weighted by Gasteiger charge is 2.28. The molecule has 1 aliphatic carbocycles. The summed E-state index contributed by atoms with van der Waals surface area (Å²) < 4.78 is 7.29. The Bertz CT molecular complexity index is 1430. The van der Waals surface area contributed by atoms with E-state index in [2.05, 4.69) is 22.1 Å². The Morgan fingerprint density at radius 1 is 1.08 bits per heavy atom. The second kappa shape index (κ2) is 9.77. The number of hydrogen-bond donors (Lipinski definition) is 2. The smallest absolute Gasteiger partial charge is 0.336 e. The van der Waals surface area contributed by atoms with Crippen LogP contribution < -0.4 is 4.74 Å². The molecule has 4 aromatic rings. The first-order valence-electron chi connectivity index (χ1n) is 11.9. The van der Waals surface area contributed by atoms with E-state index in [4.69, 9.17) is 4.74 Å².